The van der Waals surface area contributed by atoms with Gasteiger partial charge in [-0.1, -0.05) is 28.9 Å². The zero-order valence-corrected chi connectivity index (χ0v) is 18.1. The third-order valence-corrected chi connectivity index (χ3v) is 4.83. The van der Waals surface area contributed by atoms with Crippen LogP contribution in [0.15, 0.2) is 65.2 Å². The summed E-state index contributed by atoms with van der Waals surface area (Å²) in [6.45, 7) is 1.93. The van der Waals surface area contributed by atoms with Gasteiger partial charge in [-0.3, -0.25) is 0 Å². The lowest BCUT2D eigenvalue weighted by Crippen LogP contribution is -2.08. The van der Waals surface area contributed by atoms with Crippen molar-refractivity contribution in [2.75, 3.05) is 19.0 Å². The third-order valence-electron chi connectivity index (χ3n) is 4.58. The predicted molar refractivity (Wildman–Crippen MR) is 120 cm³/mol. The Bertz CT molecular complexity index is 1210. The van der Waals surface area contributed by atoms with Crippen LogP contribution >= 0.6 is 11.6 Å². The second-order valence-electron chi connectivity index (χ2n) is 6.62. The van der Waals surface area contributed by atoms with E-state index in [1.54, 1.807) is 50.4 Å². The van der Waals surface area contributed by atoms with Crippen molar-refractivity contribution in [3.63, 3.8) is 0 Å². The average molecular weight is 451 g/mol. The number of methoxy groups -OCH3 is 1. The molecule has 32 heavy (non-hydrogen) atoms. The first-order valence-corrected chi connectivity index (χ1v) is 10.1. The van der Waals surface area contributed by atoms with E-state index in [2.05, 4.69) is 20.7 Å². The van der Waals surface area contributed by atoms with Gasteiger partial charge in [0.25, 0.3) is 0 Å². The minimum absolute atomic E-state index is 0.111. The van der Waals surface area contributed by atoms with Crippen LogP contribution in [-0.2, 0) is 4.74 Å². The van der Waals surface area contributed by atoms with Crippen LogP contribution in [0.1, 0.15) is 17.3 Å². The number of rotatable bonds is 7. The third kappa shape index (κ3) is 4.55. The summed E-state index contributed by atoms with van der Waals surface area (Å²) in [6, 6.07) is 17.9. The van der Waals surface area contributed by atoms with E-state index in [-0.39, 0.29) is 18.1 Å². The van der Waals surface area contributed by atoms with Gasteiger partial charge in [0.05, 0.1) is 19.4 Å². The number of carbonyl (C=O) groups excluding carboxylic acids is 1. The topological polar surface area (TPSA) is 99.4 Å². The van der Waals surface area contributed by atoms with Crippen molar-refractivity contribution in [2.24, 2.45) is 0 Å². The van der Waals surface area contributed by atoms with Crippen LogP contribution in [0.25, 0.3) is 22.5 Å². The highest BCUT2D eigenvalue weighted by atomic mass is 35.5. The van der Waals surface area contributed by atoms with Gasteiger partial charge < -0.3 is 19.3 Å². The summed E-state index contributed by atoms with van der Waals surface area (Å²) in [5.74, 6) is 0.684. The smallest absolute Gasteiger partial charge is 0.346 e. The second-order valence-corrected chi connectivity index (χ2v) is 7.06. The van der Waals surface area contributed by atoms with Crippen molar-refractivity contribution in [3.8, 4) is 28.3 Å². The zero-order valence-electron chi connectivity index (χ0n) is 17.3. The lowest BCUT2D eigenvalue weighted by molar-refractivity contribution is 0.0528. The summed E-state index contributed by atoms with van der Waals surface area (Å²) in [6.07, 6.45) is 0. The number of nitrogens with one attached hydrogen (secondary N) is 1. The van der Waals surface area contributed by atoms with Gasteiger partial charge >= 0.3 is 5.97 Å². The number of esters is 1. The average Bonchev–Trinajstić information content (AvgIpc) is 3.24. The van der Waals surface area contributed by atoms with Crippen LogP contribution in [0.5, 0.6) is 5.75 Å². The van der Waals surface area contributed by atoms with E-state index in [4.69, 9.17) is 25.6 Å². The molecule has 1 N–H and O–H groups in total. The van der Waals surface area contributed by atoms with Crippen molar-refractivity contribution < 1.29 is 18.8 Å². The Hall–Kier alpha value is -3.91. The zero-order chi connectivity index (χ0) is 22.5. The summed E-state index contributed by atoms with van der Waals surface area (Å²) in [7, 11) is 1.61. The number of anilines is 2. The highest BCUT2D eigenvalue weighted by molar-refractivity contribution is 6.30. The molecule has 4 rings (SSSR count). The first-order chi connectivity index (χ1) is 15.6. The Kier molecular flexibility index (Phi) is 6.32. The first kappa shape index (κ1) is 21.3. The number of aromatic nitrogens is 3. The predicted octanol–water partition coefficient (Wildman–Crippen LogP) is 5.38. The maximum absolute atomic E-state index is 12.6. The summed E-state index contributed by atoms with van der Waals surface area (Å²) in [5.41, 5.74) is 2.74. The van der Waals surface area contributed by atoms with E-state index >= 15 is 0 Å². The summed E-state index contributed by atoms with van der Waals surface area (Å²) >= 11 is 5.97. The highest BCUT2D eigenvalue weighted by Gasteiger charge is 2.26. The number of halogens is 1. The lowest BCUT2D eigenvalue weighted by Gasteiger charge is -2.07. The first-order valence-electron chi connectivity index (χ1n) is 9.77. The van der Waals surface area contributed by atoms with Crippen LogP contribution in [0.4, 0.5) is 11.7 Å². The largest absolute Gasteiger partial charge is 0.497 e. The van der Waals surface area contributed by atoms with Gasteiger partial charge in [0.15, 0.2) is 11.4 Å². The Balaban J connectivity index is 1.62. The van der Waals surface area contributed by atoms with E-state index in [0.29, 0.717) is 27.8 Å². The molecular weight excluding hydrogens is 432 g/mol. The Morgan fingerprint density at radius 3 is 2.34 bits per heavy atom. The SMILES string of the molecule is CCOC(=O)c1c(-c2ccc(Cl)cc2)noc1Nc1ccc(-c2ccc(OC)cc2)nn1. The number of nitrogens with zero attached hydrogens (tertiary/aromatic N) is 3. The minimum atomic E-state index is -0.566. The maximum atomic E-state index is 12.6. The standard InChI is InChI=1S/C23H19ClN4O4/c1-3-31-23(29)20-21(15-4-8-16(24)9-5-15)28-32-22(20)25-19-13-12-18(26-27-19)14-6-10-17(30-2)11-7-14/h4-13H,3H2,1-2H3,(H,25,27). The molecule has 0 bridgehead atoms. The summed E-state index contributed by atoms with van der Waals surface area (Å²) < 4.78 is 15.8. The van der Waals surface area contributed by atoms with Crippen molar-refractivity contribution in [3.05, 3.63) is 71.2 Å². The molecule has 0 radical (unpaired) electrons. The molecule has 2 heterocycles. The number of hydrogen-bond donors (Lipinski definition) is 1. The monoisotopic (exact) mass is 450 g/mol. The molecule has 0 saturated heterocycles. The van der Waals surface area contributed by atoms with Crippen LogP contribution < -0.4 is 10.1 Å². The molecule has 0 saturated carbocycles. The normalized spacial score (nSPS) is 10.6. The van der Waals surface area contributed by atoms with E-state index in [9.17, 15) is 4.79 Å². The maximum Gasteiger partial charge on any atom is 0.346 e. The van der Waals surface area contributed by atoms with Crippen LogP contribution in [0.2, 0.25) is 5.02 Å². The molecule has 0 fully saturated rings. The van der Waals surface area contributed by atoms with Crippen LogP contribution in [0.3, 0.4) is 0 Å². The molecule has 0 amide bonds. The fraction of sp³-hybridized carbons (Fsp3) is 0.130. The molecule has 0 aliphatic rings. The van der Waals surface area contributed by atoms with Gasteiger partial charge in [0.2, 0.25) is 5.88 Å². The van der Waals surface area contributed by atoms with E-state index in [1.165, 1.54) is 0 Å². The molecule has 8 nitrogen and oxygen atoms in total. The van der Waals surface area contributed by atoms with Gasteiger partial charge in [-0.05, 0) is 55.5 Å². The van der Waals surface area contributed by atoms with Crippen molar-refractivity contribution in [2.45, 2.75) is 6.92 Å². The molecule has 0 unspecified atom stereocenters. The van der Waals surface area contributed by atoms with Crippen molar-refractivity contribution in [1.82, 2.24) is 15.4 Å². The molecule has 0 atom stereocenters. The van der Waals surface area contributed by atoms with Gasteiger partial charge in [-0.15, -0.1) is 10.2 Å². The van der Waals surface area contributed by atoms with Crippen LogP contribution in [-0.4, -0.2) is 35.0 Å². The second kappa shape index (κ2) is 9.49. The fourth-order valence-corrected chi connectivity index (χ4v) is 3.13. The van der Waals surface area contributed by atoms with Crippen molar-refractivity contribution >= 4 is 29.3 Å². The van der Waals surface area contributed by atoms with E-state index < -0.39 is 5.97 Å². The van der Waals surface area contributed by atoms with E-state index in [0.717, 1.165) is 11.3 Å². The molecular formula is C23H19ClN4O4. The molecule has 4 aromatic rings. The quantitative estimate of drug-likeness (QED) is 0.374. The fourth-order valence-electron chi connectivity index (χ4n) is 3.00. The van der Waals surface area contributed by atoms with Gasteiger partial charge in [0.1, 0.15) is 11.4 Å². The van der Waals surface area contributed by atoms with Gasteiger partial charge in [0, 0.05) is 16.1 Å². The molecule has 2 aromatic carbocycles. The molecule has 2 aromatic heterocycles. The number of carbonyl (C=O) groups is 1. The number of ether oxygens (including phenoxy) is 2. The van der Waals surface area contributed by atoms with E-state index in [1.807, 2.05) is 24.3 Å². The summed E-state index contributed by atoms with van der Waals surface area (Å²) in [4.78, 5) is 12.6. The molecule has 0 spiro atoms. The Morgan fingerprint density at radius 2 is 1.72 bits per heavy atom. The number of hydrogen-bond acceptors (Lipinski definition) is 8. The molecule has 0 aliphatic carbocycles. The lowest BCUT2D eigenvalue weighted by atomic mass is 10.1. The Morgan fingerprint density at radius 1 is 1.00 bits per heavy atom. The molecule has 0 aliphatic heterocycles. The minimum Gasteiger partial charge on any atom is -0.497 e. The van der Waals surface area contributed by atoms with Gasteiger partial charge in [-0.2, -0.15) is 0 Å². The highest BCUT2D eigenvalue weighted by Crippen LogP contribution is 2.32. The van der Waals surface area contributed by atoms with Crippen LogP contribution in [0, 0.1) is 0 Å². The molecule has 9 heteroatoms. The molecule has 162 valence electrons. The number of benzene rings is 2. The summed E-state index contributed by atoms with van der Waals surface area (Å²) in [5, 5.41) is 16.0. The van der Waals surface area contributed by atoms with Gasteiger partial charge in [-0.25, -0.2) is 4.79 Å². The van der Waals surface area contributed by atoms with Crippen molar-refractivity contribution in [1.29, 1.82) is 0 Å². The Labute approximate surface area is 189 Å².